The van der Waals surface area contributed by atoms with Gasteiger partial charge in [0.25, 0.3) is 0 Å². The third-order valence-corrected chi connectivity index (χ3v) is 3.30. The zero-order valence-electron chi connectivity index (χ0n) is 8.87. The summed E-state index contributed by atoms with van der Waals surface area (Å²) < 4.78 is 0.234. The number of anilines is 2. The van der Waals surface area contributed by atoms with Crippen molar-refractivity contribution in [3.63, 3.8) is 0 Å². The highest BCUT2D eigenvalue weighted by molar-refractivity contribution is 7.99. The van der Waals surface area contributed by atoms with Crippen molar-refractivity contribution < 1.29 is 0 Å². The van der Waals surface area contributed by atoms with Crippen LogP contribution in [0.15, 0.2) is 18.3 Å². The molecule has 0 aliphatic heterocycles. The first-order chi connectivity index (χ1) is 6.53. The summed E-state index contributed by atoms with van der Waals surface area (Å²) in [5, 5.41) is 3.34. The SMILES string of the molecule is CSC(C)(C)CNc1ccnc(N)c1. The normalized spacial score (nSPS) is 11.4. The minimum atomic E-state index is 0.234. The summed E-state index contributed by atoms with van der Waals surface area (Å²) in [6, 6.07) is 3.77. The zero-order chi connectivity index (χ0) is 10.6. The van der Waals surface area contributed by atoms with Crippen LogP contribution in [0.4, 0.5) is 11.5 Å². The predicted octanol–water partition coefficient (Wildman–Crippen LogP) is 2.22. The highest BCUT2D eigenvalue weighted by Gasteiger charge is 2.14. The molecule has 3 nitrogen and oxygen atoms in total. The summed E-state index contributed by atoms with van der Waals surface area (Å²) in [5.74, 6) is 0.553. The molecule has 0 aromatic carbocycles. The van der Waals surface area contributed by atoms with Crippen molar-refractivity contribution in [1.29, 1.82) is 0 Å². The largest absolute Gasteiger partial charge is 0.384 e. The van der Waals surface area contributed by atoms with Crippen molar-refractivity contribution in [3.8, 4) is 0 Å². The first kappa shape index (κ1) is 11.2. The number of nitrogens with zero attached hydrogens (tertiary/aromatic N) is 1. The highest BCUT2D eigenvalue weighted by atomic mass is 32.2. The van der Waals surface area contributed by atoms with Crippen LogP contribution in [0.1, 0.15) is 13.8 Å². The maximum absolute atomic E-state index is 5.57. The molecule has 1 heterocycles. The molecule has 0 bridgehead atoms. The van der Waals surface area contributed by atoms with E-state index in [1.807, 2.05) is 23.9 Å². The molecule has 1 rings (SSSR count). The molecule has 3 N–H and O–H groups in total. The maximum atomic E-state index is 5.57. The van der Waals surface area contributed by atoms with Gasteiger partial charge >= 0.3 is 0 Å². The number of nitrogens with two attached hydrogens (primary N) is 1. The third kappa shape index (κ3) is 3.46. The molecule has 0 spiro atoms. The van der Waals surface area contributed by atoms with E-state index in [0.717, 1.165) is 12.2 Å². The Bertz CT molecular complexity index is 299. The van der Waals surface area contributed by atoms with Gasteiger partial charge in [0.05, 0.1) is 0 Å². The third-order valence-electron chi connectivity index (χ3n) is 2.05. The van der Waals surface area contributed by atoms with E-state index in [9.17, 15) is 0 Å². The van der Waals surface area contributed by atoms with Crippen molar-refractivity contribution >= 4 is 23.3 Å². The summed E-state index contributed by atoms with van der Waals surface area (Å²) in [6.45, 7) is 5.32. The number of nitrogen functional groups attached to an aromatic ring is 1. The van der Waals surface area contributed by atoms with Crippen molar-refractivity contribution in [1.82, 2.24) is 4.98 Å². The van der Waals surface area contributed by atoms with Crippen LogP contribution in [-0.2, 0) is 0 Å². The van der Waals surface area contributed by atoms with Crippen LogP contribution in [0, 0.1) is 0 Å². The molecule has 0 atom stereocenters. The second-order valence-corrected chi connectivity index (χ2v) is 5.30. The fourth-order valence-corrected chi connectivity index (χ4v) is 1.16. The topological polar surface area (TPSA) is 50.9 Å². The van der Waals surface area contributed by atoms with E-state index in [0.29, 0.717) is 5.82 Å². The average Bonchev–Trinajstić information content (AvgIpc) is 2.15. The lowest BCUT2D eigenvalue weighted by atomic mass is 10.2. The van der Waals surface area contributed by atoms with Gasteiger partial charge in [0.15, 0.2) is 0 Å². The number of aromatic nitrogens is 1. The maximum Gasteiger partial charge on any atom is 0.125 e. The Balaban J connectivity index is 2.54. The van der Waals surface area contributed by atoms with Crippen molar-refractivity contribution in [2.24, 2.45) is 0 Å². The second-order valence-electron chi connectivity index (χ2n) is 3.79. The summed E-state index contributed by atoms with van der Waals surface area (Å²) >= 11 is 1.84. The Labute approximate surface area is 89.5 Å². The molecule has 0 radical (unpaired) electrons. The summed E-state index contributed by atoms with van der Waals surface area (Å²) in [4.78, 5) is 3.94. The molecule has 0 unspecified atom stereocenters. The molecule has 1 aromatic rings. The summed E-state index contributed by atoms with van der Waals surface area (Å²) in [6.07, 6.45) is 3.83. The second kappa shape index (κ2) is 4.55. The van der Waals surface area contributed by atoms with Crippen molar-refractivity contribution in [2.45, 2.75) is 18.6 Å². The molecule has 0 saturated carbocycles. The minimum absolute atomic E-state index is 0.234. The highest BCUT2D eigenvalue weighted by Crippen LogP contribution is 2.21. The molecule has 0 aliphatic carbocycles. The molecule has 78 valence electrons. The average molecular weight is 211 g/mol. The van der Waals surface area contributed by atoms with Gasteiger partial charge in [-0.2, -0.15) is 11.8 Å². The van der Waals surface area contributed by atoms with Gasteiger partial charge in [-0.05, 0) is 26.2 Å². The Morgan fingerprint density at radius 1 is 1.57 bits per heavy atom. The smallest absolute Gasteiger partial charge is 0.125 e. The fraction of sp³-hybridized carbons (Fsp3) is 0.500. The first-order valence-electron chi connectivity index (χ1n) is 4.54. The molecular formula is C10H17N3S. The first-order valence-corrected chi connectivity index (χ1v) is 5.76. The van der Waals surface area contributed by atoms with E-state index < -0.39 is 0 Å². The van der Waals surface area contributed by atoms with Crippen LogP contribution in [0.5, 0.6) is 0 Å². The number of nitrogens with one attached hydrogen (secondary N) is 1. The van der Waals surface area contributed by atoms with Crippen molar-refractivity contribution in [2.75, 3.05) is 23.9 Å². The van der Waals surface area contributed by atoms with E-state index >= 15 is 0 Å². The Morgan fingerprint density at radius 2 is 2.29 bits per heavy atom. The van der Waals surface area contributed by atoms with Gasteiger partial charge in [0.2, 0.25) is 0 Å². The minimum Gasteiger partial charge on any atom is -0.384 e. The van der Waals surface area contributed by atoms with Crippen LogP contribution < -0.4 is 11.1 Å². The molecule has 4 heteroatoms. The quantitative estimate of drug-likeness (QED) is 0.801. The molecule has 0 amide bonds. The number of hydrogen-bond donors (Lipinski definition) is 2. The lowest BCUT2D eigenvalue weighted by Crippen LogP contribution is -2.25. The van der Waals surface area contributed by atoms with Crippen LogP contribution in [0.2, 0.25) is 0 Å². The molecule has 0 saturated heterocycles. The Kier molecular flexibility index (Phi) is 3.63. The van der Waals surface area contributed by atoms with Gasteiger partial charge < -0.3 is 11.1 Å². The number of hydrogen-bond acceptors (Lipinski definition) is 4. The number of rotatable bonds is 4. The van der Waals surface area contributed by atoms with Crippen molar-refractivity contribution in [3.05, 3.63) is 18.3 Å². The number of thioether (sulfide) groups is 1. The van der Waals surface area contributed by atoms with E-state index in [2.05, 4.69) is 30.4 Å². The lowest BCUT2D eigenvalue weighted by molar-refractivity contribution is 0.752. The standard InChI is InChI=1S/C10H17N3S/c1-10(2,14-3)7-13-8-4-5-12-9(11)6-8/h4-6H,7H2,1-3H3,(H3,11,12,13). The van der Waals surface area contributed by atoms with Gasteiger partial charge in [-0.25, -0.2) is 4.98 Å². The van der Waals surface area contributed by atoms with Gasteiger partial charge in [0.1, 0.15) is 5.82 Å². The zero-order valence-corrected chi connectivity index (χ0v) is 9.69. The molecule has 0 aliphatic rings. The van der Waals surface area contributed by atoms with Gasteiger partial charge in [-0.15, -0.1) is 0 Å². The van der Waals surface area contributed by atoms with Crippen LogP contribution in [0.3, 0.4) is 0 Å². The summed E-state index contributed by atoms with van der Waals surface area (Å²) in [7, 11) is 0. The predicted molar refractivity (Wildman–Crippen MR) is 64.7 cm³/mol. The van der Waals surface area contributed by atoms with Crippen LogP contribution in [-0.4, -0.2) is 22.5 Å². The fourth-order valence-electron chi connectivity index (χ4n) is 0.945. The van der Waals surface area contributed by atoms with Crippen LogP contribution >= 0.6 is 11.8 Å². The molecule has 14 heavy (non-hydrogen) atoms. The molecule has 0 fully saturated rings. The van der Waals surface area contributed by atoms with E-state index in [-0.39, 0.29) is 4.75 Å². The van der Waals surface area contributed by atoms with E-state index in [1.165, 1.54) is 0 Å². The monoisotopic (exact) mass is 211 g/mol. The van der Waals surface area contributed by atoms with Gasteiger partial charge in [0, 0.05) is 29.2 Å². The lowest BCUT2D eigenvalue weighted by Gasteiger charge is -2.22. The molecule has 1 aromatic heterocycles. The Hall–Kier alpha value is -0.900. The molecular weight excluding hydrogens is 194 g/mol. The summed E-state index contributed by atoms with van der Waals surface area (Å²) in [5.41, 5.74) is 6.60. The van der Waals surface area contributed by atoms with E-state index in [4.69, 9.17) is 5.73 Å². The van der Waals surface area contributed by atoms with Gasteiger partial charge in [-0.1, -0.05) is 0 Å². The van der Waals surface area contributed by atoms with E-state index in [1.54, 1.807) is 6.20 Å². The Morgan fingerprint density at radius 3 is 2.86 bits per heavy atom. The number of pyridine rings is 1. The van der Waals surface area contributed by atoms with Gasteiger partial charge in [-0.3, -0.25) is 0 Å². The van der Waals surface area contributed by atoms with Crippen LogP contribution in [0.25, 0.3) is 0 Å².